The lowest BCUT2D eigenvalue weighted by atomic mass is 9.94. The van der Waals surface area contributed by atoms with Crippen molar-refractivity contribution < 1.29 is 14.2 Å². The quantitative estimate of drug-likeness (QED) is 0.712. The largest absolute Gasteiger partial charge is 0.379 e. The first-order valence-corrected chi connectivity index (χ1v) is 7.14. The van der Waals surface area contributed by atoms with Crippen molar-refractivity contribution in [3.63, 3.8) is 0 Å². The summed E-state index contributed by atoms with van der Waals surface area (Å²) in [5.74, 6) is 0.560. The molecule has 0 unspecified atom stereocenters. The maximum absolute atomic E-state index is 6.07. The number of hydrogen-bond acceptors (Lipinski definition) is 4. The van der Waals surface area contributed by atoms with Gasteiger partial charge in [0, 0.05) is 25.6 Å². The highest BCUT2D eigenvalue weighted by Crippen LogP contribution is 2.28. The standard InChI is InChI=1S/C14H23NO3/c1-2-4-12(5-3-1)14-17-11-13(18-14)10-15-6-8-16-9-7-15/h1-2,12-14H,3-11H2/t12-,13+,14-/m0/s1. The molecule has 0 aromatic rings. The molecule has 0 spiro atoms. The molecule has 18 heavy (non-hydrogen) atoms. The molecule has 4 heteroatoms. The van der Waals surface area contributed by atoms with Crippen molar-refractivity contribution in [3.05, 3.63) is 12.2 Å². The molecule has 0 amide bonds. The summed E-state index contributed by atoms with van der Waals surface area (Å²) in [4.78, 5) is 2.42. The number of nitrogens with zero attached hydrogens (tertiary/aromatic N) is 1. The summed E-state index contributed by atoms with van der Waals surface area (Å²) in [5, 5.41) is 0. The Labute approximate surface area is 109 Å². The maximum Gasteiger partial charge on any atom is 0.161 e. The molecule has 2 heterocycles. The maximum atomic E-state index is 6.07. The van der Waals surface area contributed by atoms with Gasteiger partial charge in [0.25, 0.3) is 0 Å². The fourth-order valence-corrected chi connectivity index (χ4v) is 2.95. The zero-order valence-electron chi connectivity index (χ0n) is 10.9. The summed E-state index contributed by atoms with van der Waals surface area (Å²) in [5.41, 5.74) is 0. The fourth-order valence-electron chi connectivity index (χ4n) is 2.95. The van der Waals surface area contributed by atoms with Gasteiger partial charge in [-0.1, -0.05) is 12.2 Å². The highest BCUT2D eigenvalue weighted by molar-refractivity contribution is 4.92. The van der Waals surface area contributed by atoms with Gasteiger partial charge < -0.3 is 14.2 Å². The van der Waals surface area contributed by atoms with Crippen molar-refractivity contribution in [2.24, 2.45) is 5.92 Å². The Hall–Kier alpha value is -0.420. The van der Waals surface area contributed by atoms with Crippen molar-refractivity contribution in [3.8, 4) is 0 Å². The SMILES string of the molecule is C1=CC[C@H]([C@H]2OC[C@@H](CN3CCOCC3)O2)CC1. The zero-order valence-corrected chi connectivity index (χ0v) is 10.9. The van der Waals surface area contributed by atoms with Gasteiger partial charge in [0.1, 0.15) is 0 Å². The van der Waals surface area contributed by atoms with Gasteiger partial charge in [-0.25, -0.2) is 0 Å². The molecule has 0 radical (unpaired) electrons. The van der Waals surface area contributed by atoms with E-state index in [-0.39, 0.29) is 12.4 Å². The first-order chi connectivity index (χ1) is 8.92. The van der Waals surface area contributed by atoms with Crippen LogP contribution in [0.1, 0.15) is 19.3 Å². The van der Waals surface area contributed by atoms with E-state index >= 15 is 0 Å². The molecule has 102 valence electrons. The molecule has 0 saturated carbocycles. The van der Waals surface area contributed by atoms with E-state index in [9.17, 15) is 0 Å². The first kappa shape index (κ1) is 12.6. The zero-order chi connectivity index (χ0) is 12.2. The lowest BCUT2D eigenvalue weighted by molar-refractivity contribution is -0.103. The number of allylic oxidation sites excluding steroid dienone is 2. The Bertz CT molecular complexity index is 289. The van der Waals surface area contributed by atoms with Gasteiger partial charge in [0.2, 0.25) is 0 Å². The molecular formula is C14H23NO3. The van der Waals surface area contributed by atoms with Crippen LogP contribution in [0.5, 0.6) is 0 Å². The van der Waals surface area contributed by atoms with Crippen LogP contribution in [-0.2, 0) is 14.2 Å². The van der Waals surface area contributed by atoms with Crippen LogP contribution in [0.2, 0.25) is 0 Å². The first-order valence-electron chi connectivity index (χ1n) is 7.14. The van der Waals surface area contributed by atoms with Crippen molar-refractivity contribution in [1.82, 2.24) is 4.90 Å². The molecule has 2 saturated heterocycles. The van der Waals surface area contributed by atoms with Crippen LogP contribution in [0, 0.1) is 5.92 Å². The number of hydrogen-bond donors (Lipinski definition) is 0. The average Bonchev–Trinajstić information content (AvgIpc) is 2.89. The molecule has 0 aromatic carbocycles. The van der Waals surface area contributed by atoms with E-state index in [1.807, 2.05) is 0 Å². The third-order valence-corrected chi connectivity index (χ3v) is 4.03. The van der Waals surface area contributed by atoms with Crippen LogP contribution >= 0.6 is 0 Å². The van der Waals surface area contributed by atoms with E-state index in [0.717, 1.165) is 45.9 Å². The third-order valence-electron chi connectivity index (χ3n) is 4.03. The van der Waals surface area contributed by atoms with Crippen LogP contribution in [0.25, 0.3) is 0 Å². The molecule has 3 aliphatic rings. The molecule has 1 aliphatic carbocycles. The third kappa shape index (κ3) is 3.12. The van der Waals surface area contributed by atoms with Crippen molar-refractivity contribution in [1.29, 1.82) is 0 Å². The monoisotopic (exact) mass is 253 g/mol. The lowest BCUT2D eigenvalue weighted by Crippen LogP contribution is -2.41. The number of morpholine rings is 1. The molecular weight excluding hydrogens is 230 g/mol. The predicted molar refractivity (Wildman–Crippen MR) is 68.4 cm³/mol. The molecule has 0 bridgehead atoms. The summed E-state index contributed by atoms with van der Waals surface area (Å²) in [6.07, 6.45) is 8.27. The van der Waals surface area contributed by atoms with Crippen LogP contribution in [-0.4, -0.2) is 56.7 Å². The van der Waals surface area contributed by atoms with Crippen molar-refractivity contribution >= 4 is 0 Å². The van der Waals surface area contributed by atoms with Gasteiger partial charge in [0.05, 0.1) is 25.9 Å². The highest BCUT2D eigenvalue weighted by Gasteiger charge is 2.33. The van der Waals surface area contributed by atoms with E-state index in [4.69, 9.17) is 14.2 Å². The number of rotatable bonds is 3. The summed E-state index contributed by atoms with van der Waals surface area (Å²) < 4.78 is 17.3. The average molecular weight is 253 g/mol. The lowest BCUT2D eigenvalue weighted by Gasteiger charge is -2.29. The fraction of sp³-hybridized carbons (Fsp3) is 0.857. The molecule has 4 nitrogen and oxygen atoms in total. The molecule has 2 aliphatic heterocycles. The molecule has 0 N–H and O–H groups in total. The molecule has 3 rings (SSSR count). The Morgan fingerprint density at radius 2 is 2.06 bits per heavy atom. The highest BCUT2D eigenvalue weighted by atomic mass is 16.7. The van der Waals surface area contributed by atoms with E-state index in [1.165, 1.54) is 12.8 Å². The second kappa shape index (κ2) is 6.15. The van der Waals surface area contributed by atoms with E-state index in [2.05, 4.69) is 17.1 Å². The summed E-state index contributed by atoms with van der Waals surface area (Å²) in [7, 11) is 0. The predicted octanol–water partition coefficient (Wildman–Crippen LogP) is 1.42. The minimum Gasteiger partial charge on any atom is -0.379 e. The topological polar surface area (TPSA) is 30.9 Å². The Kier molecular flexibility index (Phi) is 4.31. The Balaban J connectivity index is 1.44. The van der Waals surface area contributed by atoms with E-state index < -0.39 is 0 Å². The van der Waals surface area contributed by atoms with Gasteiger partial charge in [0.15, 0.2) is 6.29 Å². The van der Waals surface area contributed by atoms with Crippen molar-refractivity contribution in [2.45, 2.75) is 31.7 Å². The second-order valence-electron chi connectivity index (χ2n) is 5.42. The van der Waals surface area contributed by atoms with Gasteiger partial charge >= 0.3 is 0 Å². The smallest absolute Gasteiger partial charge is 0.161 e. The van der Waals surface area contributed by atoms with Crippen LogP contribution in [0.3, 0.4) is 0 Å². The second-order valence-corrected chi connectivity index (χ2v) is 5.42. The summed E-state index contributed by atoms with van der Waals surface area (Å²) in [6, 6.07) is 0. The van der Waals surface area contributed by atoms with Crippen LogP contribution < -0.4 is 0 Å². The molecule has 3 atom stereocenters. The van der Waals surface area contributed by atoms with Gasteiger partial charge in [-0.3, -0.25) is 4.90 Å². The van der Waals surface area contributed by atoms with Crippen LogP contribution in [0.4, 0.5) is 0 Å². The Morgan fingerprint density at radius 3 is 2.83 bits per heavy atom. The van der Waals surface area contributed by atoms with Gasteiger partial charge in [-0.2, -0.15) is 0 Å². The normalized spacial score (nSPS) is 38.1. The van der Waals surface area contributed by atoms with Gasteiger partial charge in [-0.15, -0.1) is 0 Å². The van der Waals surface area contributed by atoms with E-state index in [1.54, 1.807) is 0 Å². The molecule has 0 aromatic heterocycles. The van der Waals surface area contributed by atoms with E-state index in [0.29, 0.717) is 5.92 Å². The summed E-state index contributed by atoms with van der Waals surface area (Å²) in [6.45, 7) is 5.49. The molecule has 2 fully saturated rings. The van der Waals surface area contributed by atoms with Crippen molar-refractivity contribution in [2.75, 3.05) is 39.5 Å². The van der Waals surface area contributed by atoms with Crippen LogP contribution in [0.15, 0.2) is 12.2 Å². The minimum atomic E-state index is 0.0287. The summed E-state index contributed by atoms with van der Waals surface area (Å²) >= 11 is 0. The van der Waals surface area contributed by atoms with Gasteiger partial charge in [-0.05, 0) is 19.3 Å². The minimum absolute atomic E-state index is 0.0287. The number of ether oxygens (including phenoxy) is 3. The Morgan fingerprint density at radius 1 is 1.17 bits per heavy atom.